The summed E-state index contributed by atoms with van der Waals surface area (Å²) in [5.41, 5.74) is 0. The van der Waals surface area contributed by atoms with Crippen LogP contribution in [0.25, 0.3) is 0 Å². The third-order valence-electron chi connectivity index (χ3n) is 2.49. The fourth-order valence-corrected chi connectivity index (χ4v) is 2.97. The average Bonchev–Trinajstić information content (AvgIpc) is 2.53. The van der Waals surface area contributed by atoms with Gasteiger partial charge in [0.2, 0.25) is 0 Å². The molecule has 3 heteroatoms. The first-order chi connectivity index (χ1) is 6.34. The lowest BCUT2D eigenvalue weighted by atomic mass is 10.0. The van der Waals surface area contributed by atoms with Crippen molar-refractivity contribution in [2.75, 3.05) is 6.54 Å². The topological polar surface area (TPSA) is 12.0 Å². The summed E-state index contributed by atoms with van der Waals surface area (Å²) in [4.78, 5) is 1.41. The molecule has 1 aromatic rings. The number of hydrogen-bond donors (Lipinski definition) is 1. The van der Waals surface area contributed by atoms with Gasteiger partial charge in [-0.25, -0.2) is 0 Å². The number of hydrogen-bond acceptors (Lipinski definition) is 2. The summed E-state index contributed by atoms with van der Waals surface area (Å²) in [6.07, 6.45) is 5.17. The van der Waals surface area contributed by atoms with Crippen molar-refractivity contribution in [3.63, 3.8) is 0 Å². The van der Waals surface area contributed by atoms with E-state index in [4.69, 9.17) is 11.6 Å². The van der Waals surface area contributed by atoms with Gasteiger partial charge in [0.25, 0.3) is 0 Å². The lowest BCUT2D eigenvalue weighted by Crippen LogP contribution is -2.35. The van der Waals surface area contributed by atoms with E-state index in [0.717, 1.165) is 10.8 Å². The monoisotopic (exact) mass is 215 g/mol. The smallest absolute Gasteiger partial charge is 0.0931 e. The van der Waals surface area contributed by atoms with Crippen LogP contribution in [0.1, 0.15) is 24.1 Å². The molecule has 0 aromatic carbocycles. The minimum absolute atomic E-state index is 0.684. The molecule has 2 heterocycles. The summed E-state index contributed by atoms with van der Waals surface area (Å²) in [5, 5.41) is 3.54. The zero-order valence-corrected chi connectivity index (χ0v) is 9.13. The molecule has 1 aliphatic rings. The molecule has 1 aliphatic heterocycles. The van der Waals surface area contributed by atoms with Crippen molar-refractivity contribution < 1.29 is 0 Å². The molecule has 0 amide bonds. The second kappa shape index (κ2) is 4.45. The van der Waals surface area contributed by atoms with Crippen LogP contribution >= 0.6 is 22.9 Å². The first-order valence-electron chi connectivity index (χ1n) is 4.82. The van der Waals surface area contributed by atoms with Crippen molar-refractivity contribution in [1.82, 2.24) is 5.32 Å². The van der Waals surface area contributed by atoms with Gasteiger partial charge in [0.1, 0.15) is 0 Å². The van der Waals surface area contributed by atoms with E-state index in [1.54, 1.807) is 11.3 Å². The Morgan fingerprint density at radius 2 is 2.38 bits per heavy atom. The van der Waals surface area contributed by atoms with Gasteiger partial charge in [0.15, 0.2) is 0 Å². The normalized spacial score (nSPS) is 23.3. The largest absolute Gasteiger partial charge is 0.314 e. The third kappa shape index (κ3) is 2.70. The van der Waals surface area contributed by atoms with Gasteiger partial charge >= 0.3 is 0 Å². The van der Waals surface area contributed by atoms with Crippen molar-refractivity contribution in [2.45, 2.75) is 31.7 Å². The quantitative estimate of drug-likeness (QED) is 0.800. The molecule has 1 aromatic heterocycles. The zero-order valence-electron chi connectivity index (χ0n) is 7.55. The standard InChI is InChI=1S/C10H14ClNS/c11-10-5-4-9(13-10)7-8-3-1-2-6-12-8/h4-5,8,12H,1-3,6-7H2. The predicted octanol–water partition coefficient (Wildman–Crippen LogP) is 3.09. The van der Waals surface area contributed by atoms with Crippen LogP contribution in [0, 0.1) is 0 Å². The van der Waals surface area contributed by atoms with E-state index < -0.39 is 0 Å². The molecule has 1 atom stereocenters. The molecule has 0 radical (unpaired) electrons. The highest BCUT2D eigenvalue weighted by Crippen LogP contribution is 2.23. The molecule has 1 unspecified atom stereocenters. The maximum atomic E-state index is 5.88. The predicted molar refractivity (Wildman–Crippen MR) is 58.7 cm³/mol. The number of halogens is 1. The minimum atomic E-state index is 0.684. The number of nitrogens with one attached hydrogen (secondary N) is 1. The summed E-state index contributed by atoms with van der Waals surface area (Å²) in [6, 6.07) is 4.82. The van der Waals surface area contributed by atoms with Gasteiger partial charge in [-0.2, -0.15) is 0 Å². The number of piperidine rings is 1. The summed E-state index contributed by atoms with van der Waals surface area (Å²) >= 11 is 7.58. The minimum Gasteiger partial charge on any atom is -0.314 e. The maximum Gasteiger partial charge on any atom is 0.0931 e. The van der Waals surface area contributed by atoms with Crippen LogP contribution in [-0.2, 0) is 6.42 Å². The van der Waals surface area contributed by atoms with Gasteiger partial charge in [-0.05, 0) is 37.9 Å². The Morgan fingerprint density at radius 1 is 1.46 bits per heavy atom. The van der Waals surface area contributed by atoms with Crippen LogP contribution in [0.15, 0.2) is 12.1 Å². The van der Waals surface area contributed by atoms with Crippen LogP contribution in [0.4, 0.5) is 0 Å². The van der Waals surface area contributed by atoms with Gasteiger partial charge in [0.05, 0.1) is 4.34 Å². The van der Waals surface area contributed by atoms with Crippen LogP contribution in [0.5, 0.6) is 0 Å². The van der Waals surface area contributed by atoms with E-state index in [-0.39, 0.29) is 0 Å². The van der Waals surface area contributed by atoms with Gasteiger partial charge in [-0.15, -0.1) is 11.3 Å². The van der Waals surface area contributed by atoms with Gasteiger partial charge < -0.3 is 5.32 Å². The molecule has 1 fully saturated rings. The molecule has 0 spiro atoms. The van der Waals surface area contributed by atoms with Gasteiger partial charge in [-0.1, -0.05) is 18.0 Å². The van der Waals surface area contributed by atoms with Crippen molar-refractivity contribution >= 4 is 22.9 Å². The Hall–Kier alpha value is -0.0500. The number of rotatable bonds is 2. The second-order valence-corrected chi connectivity index (χ2v) is 5.36. The first-order valence-corrected chi connectivity index (χ1v) is 6.01. The third-order valence-corrected chi connectivity index (χ3v) is 3.74. The Morgan fingerprint density at radius 3 is 3.00 bits per heavy atom. The SMILES string of the molecule is Clc1ccc(CC2CCCCN2)s1. The van der Waals surface area contributed by atoms with E-state index in [0.29, 0.717) is 6.04 Å². The maximum absolute atomic E-state index is 5.88. The van der Waals surface area contributed by atoms with Crippen molar-refractivity contribution in [2.24, 2.45) is 0 Å². The first kappa shape index (κ1) is 9.50. The number of thiophene rings is 1. The molecule has 72 valence electrons. The van der Waals surface area contributed by atoms with E-state index in [9.17, 15) is 0 Å². The Balaban J connectivity index is 1.89. The van der Waals surface area contributed by atoms with Crippen LogP contribution in [-0.4, -0.2) is 12.6 Å². The molecular weight excluding hydrogens is 202 g/mol. The van der Waals surface area contributed by atoms with Crippen LogP contribution < -0.4 is 5.32 Å². The van der Waals surface area contributed by atoms with Crippen molar-refractivity contribution in [3.8, 4) is 0 Å². The van der Waals surface area contributed by atoms with Crippen LogP contribution in [0.3, 0.4) is 0 Å². The van der Waals surface area contributed by atoms with Gasteiger partial charge in [0, 0.05) is 10.9 Å². The van der Waals surface area contributed by atoms with E-state index >= 15 is 0 Å². The zero-order chi connectivity index (χ0) is 9.10. The highest BCUT2D eigenvalue weighted by atomic mass is 35.5. The summed E-state index contributed by atoms with van der Waals surface area (Å²) in [6.45, 7) is 1.18. The highest BCUT2D eigenvalue weighted by Gasteiger charge is 2.13. The van der Waals surface area contributed by atoms with Crippen LogP contribution in [0.2, 0.25) is 4.34 Å². The Labute approximate surface area is 88.1 Å². The Bertz CT molecular complexity index is 266. The van der Waals surface area contributed by atoms with E-state index in [1.165, 1.54) is 30.7 Å². The highest BCUT2D eigenvalue weighted by molar-refractivity contribution is 7.16. The molecule has 1 nitrogen and oxygen atoms in total. The van der Waals surface area contributed by atoms with E-state index in [1.807, 2.05) is 6.07 Å². The lowest BCUT2D eigenvalue weighted by molar-refractivity contribution is 0.401. The Kier molecular flexibility index (Phi) is 3.25. The average molecular weight is 216 g/mol. The second-order valence-electron chi connectivity index (χ2n) is 3.56. The molecule has 0 aliphatic carbocycles. The fraction of sp³-hybridized carbons (Fsp3) is 0.600. The summed E-state index contributed by atoms with van der Waals surface area (Å²) in [7, 11) is 0. The van der Waals surface area contributed by atoms with Gasteiger partial charge in [-0.3, -0.25) is 0 Å². The summed E-state index contributed by atoms with van der Waals surface area (Å²) in [5.74, 6) is 0. The lowest BCUT2D eigenvalue weighted by Gasteiger charge is -2.22. The summed E-state index contributed by atoms with van der Waals surface area (Å²) < 4.78 is 0.908. The molecular formula is C10H14ClNS. The molecule has 0 saturated carbocycles. The molecule has 2 rings (SSSR count). The fourth-order valence-electron chi connectivity index (χ4n) is 1.80. The molecule has 13 heavy (non-hydrogen) atoms. The van der Waals surface area contributed by atoms with Crippen molar-refractivity contribution in [3.05, 3.63) is 21.3 Å². The van der Waals surface area contributed by atoms with Crippen molar-refractivity contribution in [1.29, 1.82) is 0 Å². The van der Waals surface area contributed by atoms with E-state index in [2.05, 4.69) is 11.4 Å². The molecule has 0 bridgehead atoms. The molecule has 1 N–H and O–H groups in total. The molecule has 1 saturated heterocycles.